The van der Waals surface area contributed by atoms with Crippen LogP contribution < -0.4 is 10.1 Å². The van der Waals surface area contributed by atoms with Crippen molar-refractivity contribution >= 4 is 16.5 Å². The van der Waals surface area contributed by atoms with E-state index in [9.17, 15) is 0 Å². The number of nitrogens with one attached hydrogen (secondary N) is 1. The molecular formula is C13H16N2OS. The summed E-state index contributed by atoms with van der Waals surface area (Å²) in [6, 6.07) is 8.07. The number of benzene rings is 1. The molecule has 0 bridgehead atoms. The van der Waals surface area contributed by atoms with E-state index in [1.54, 1.807) is 18.4 Å². The molecular weight excluding hydrogens is 232 g/mol. The van der Waals surface area contributed by atoms with Crippen LogP contribution in [-0.2, 0) is 6.42 Å². The lowest BCUT2D eigenvalue weighted by Gasteiger charge is -2.06. The number of para-hydroxylation sites is 1. The first-order valence-corrected chi connectivity index (χ1v) is 6.32. The number of hydrogen-bond donors (Lipinski definition) is 1. The van der Waals surface area contributed by atoms with Gasteiger partial charge in [-0.05, 0) is 13.0 Å². The first-order chi connectivity index (χ1) is 8.24. The average Bonchev–Trinajstić information content (AvgIpc) is 2.71. The molecule has 1 heterocycles. The molecule has 3 nitrogen and oxygen atoms in total. The van der Waals surface area contributed by atoms with Crippen LogP contribution in [0.25, 0.3) is 0 Å². The lowest BCUT2D eigenvalue weighted by atomic mass is 10.1. The van der Waals surface area contributed by atoms with Crippen molar-refractivity contribution in [2.45, 2.75) is 13.3 Å². The molecule has 2 rings (SSSR count). The molecule has 0 fully saturated rings. The van der Waals surface area contributed by atoms with Crippen LogP contribution >= 0.6 is 11.3 Å². The number of aryl methyl sites for hydroxylation is 1. The van der Waals surface area contributed by atoms with Gasteiger partial charge in [0.2, 0.25) is 0 Å². The van der Waals surface area contributed by atoms with E-state index < -0.39 is 0 Å². The summed E-state index contributed by atoms with van der Waals surface area (Å²) in [4.78, 5) is 5.80. The summed E-state index contributed by atoms with van der Waals surface area (Å²) in [5, 5.41) is 4.04. The van der Waals surface area contributed by atoms with E-state index >= 15 is 0 Å². The van der Waals surface area contributed by atoms with Gasteiger partial charge in [0.05, 0.1) is 12.8 Å². The van der Waals surface area contributed by atoms with Crippen LogP contribution in [-0.4, -0.2) is 19.1 Å². The quantitative estimate of drug-likeness (QED) is 0.902. The van der Waals surface area contributed by atoms with Gasteiger partial charge in [-0.15, -0.1) is 11.3 Å². The summed E-state index contributed by atoms with van der Waals surface area (Å²) in [7, 11) is 3.59. The Morgan fingerprint density at radius 1 is 1.35 bits per heavy atom. The minimum atomic E-state index is 0.814. The molecule has 17 heavy (non-hydrogen) atoms. The molecule has 0 unspecified atom stereocenters. The first-order valence-electron chi connectivity index (χ1n) is 5.50. The minimum Gasteiger partial charge on any atom is -0.496 e. The Kier molecular flexibility index (Phi) is 3.64. The highest BCUT2D eigenvalue weighted by atomic mass is 32.1. The number of anilines is 1. The first kappa shape index (κ1) is 11.9. The van der Waals surface area contributed by atoms with Crippen LogP contribution in [0.15, 0.2) is 24.3 Å². The zero-order valence-corrected chi connectivity index (χ0v) is 11.1. The second-order valence-electron chi connectivity index (χ2n) is 3.76. The number of nitrogens with zero attached hydrogens (tertiary/aromatic N) is 1. The fourth-order valence-corrected chi connectivity index (χ4v) is 2.51. The van der Waals surface area contributed by atoms with E-state index in [1.165, 1.54) is 10.4 Å². The van der Waals surface area contributed by atoms with Crippen molar-refractivity contribution in [1.29, 1.82) is 0 Å². The number of thiazole rings is 1. The molecule has 0 amide bonds. The summed E-state index contributed by atoms with van der Waals surface area (Å²) in [6.07, 6.45) is 0.814. The number of ether oxygens (including phenoxy) is 1. The molecule has 0 atom stereocenters. The van der Waals surface area contributed by atoms with Crippen molar-refractivity contribution in [2.75, 3.05) is 19.5 Å². The molecule has 4 heteroatoms. The fourth-order valence-electron chi connectivity index (χ4n) is 1.73. The van der Waals surface area contributed by atoms with Crippen LogP contribution in [0.2, 0.25) is 0 Å². The van der Waals surface area contributed by atoms with E-state index in [0.29, 0.717) is 0 Å². The minimum absolute atomic E-state index is 0.814. The van der Waals surface area contributed by atoms with E-state index in [4.69, 9.17) is 4.74 Å². The van der Waals surface area contributed by atoms with Crippen LogP contribution in [0.3, 0.4) is 0 Å². The second kappa shape index (κ2) is 5.19. The van der Waals surface area contributed by atoms with E-state index in [0.717, 1.165) is 23.0 Å². The van der Waals surface area contributed by atoms with Gasteiger partial charge in [0.1, 0.15) is 5.75 Å². The normalized spacial score (nSPS) is 10.3. The largest absolute Gasteiger partial charge is 0.496 e. The average molecular weight is 248 g/mol. The molecule has 0 spiro atoms. The zero-order chi connectivity index (χ0) is 12.3. The molecule has 0 saturated heterocycles. The third-order valence-corrected chi connectivity index (χ3v) is 3.69. The summed E-state index contributed by atoms with van der Waals surface area (Å²) >= 11 is 1.68. The molecule has 0 aliphatic rings. The Morgan fingerprint density at radius 2 is 2.12 bits per heavy atom. The van der Waals surface area contributed by atoms with Gasteiger partial charge in [-0.2, -0.15) is 0 Å². The highest BCUT2D eigenvalue weighted by molar-refractivity contribution is 7.15. The smallest absolute Gasteiger partial charge is 0.182 e. The van der Waals surface area contributed by atoms with Crippen LogP contribution in [0.5, 0.6) is 5.75 Å². The summed E-state index contributed by atoms with van der Waals surface area (Å²) in [5.74, 6) is 0.922. The maximum atomic E-state index is 5.35. The summed E-state index contributed by atoms with van der Waals surface area (Å²) in [6.45, 7) is 2.10. The number of methoxy groups -OCH3 is 1. The van der Waals surface area contributed by atoms with Crippen molar-refractivity contribution < 1.29 is 4.74 Å². The lowest BCUT2D eigenvalue weighted by Crippen LogP contribution is -1.95. The van der Waals surface area contributed by atoms with Crippen LogP contribution in [0.1, 0.15) is 16.1 Å². The number of rotatable bonds is 4. The Morgan fingerprint density at radius 3 is 2.76 bits per heavy atom. The van der Waals surface area contributed by atoms with Gasteiger partial charge in [-0.25, -0.2) is 4.98 Å². The zero-order valence-electron chi connectivity index (χ0n) is 10.3. The standard InChI is InChI=1S/C13H16N2OS/c1-9-11(15-13(14-2)17-9)8-10-6-4-5-7-12(10)16-3/h4-7H,8H2,1-3H3,(H,14,15). The van der Waals surface area contributed by atoms with Gasteiger partial charge < -0.3 is 10.1 Å². The van der Waals surface area contributed by atoms with Crippen molar-refractivity contribution in [3.8, 4) is 5.75 Å². The van der Waals surface area contributed by atoms with Gasteiger partial charge in [0.25, 0.3) is 0 Å². The Bertz CT molecular complexity index is 508. The highest BCUT2D eigenvalue weighted by Crippen LogP contribution is 2.26. The molecule has 1 N–H and O–H groups in total. The highest BCUT2D eigenvalue weighted by Gasteiger charge is 2.10. The molecule has 1 aromatic carbocycles. The summed E-state index contributed by atoms with van der Waals surface area (Å²) in [5.41, 5.74) is 2.29. The molecule has 0 aliphatic carbocycles. The van der Waals surface area contributed by atoms with Gasteiger partial charge in [0.15, 0.2) is 5.13 Å². The predicted octanol–water partition coefficient (Wildman–Crippen LogP) is 3.09. The third kappa shape index (κ3) is 2.58. The lowest BCUT2D eigenvalue weighted by molar-refractivity contribution is 0.410. The number of aromatic nitrogens is 1. The van der Waals surface area contributed by atoms with E-state index in [2.05, 4.69) is 23.3 Å². The molecule has 2 aromatic rings. The van der Waals surface area contributed by atoms with Gasteiger partial charge in [-0.3, -0.25) is 0 Å². The van der Waals surface area contributed by atoms with Crippen LogP contribution in [0.4, 0.5) is 5.13 Å². The Hall–Kier alpha value is -1.55. The van der Waals surface area contributed by atoms with Gasteiger partial charge in [0, 0.05) is 23.9 Å². The Labute approximate surface area is 105 Å². The van der Waals surface area contributed by atoms with Crippen LogP contribution in [0, 0.1) is 6.92 Å². The SMILES string of the molecule is CNc1nc(Cc2ccccc2OC)c(C)s1. The topological polar surface area (TPSA) is 34.2 Å². The maximum Gasteiger partial charge on any atom is 0.182 e. The summed E-state index contributed by atoms with van der Waals surface area (Å²) < 4.78 is 5.35. The van der Waals surface area contributed by atoms with Crippen molar-refractivity contribution in [2.24, 2.45) is 0 Å². The predicted molar refractivity (Wildman–Crippen MR) is 72.2 cm³/mol. The number of hydrogen-bond acceptors (Lipinski definition) is 4. The monoisotopic (exact) mass is 248 g/mol. The second-order valence-corrected chi connectivity index (χ2v) is 4.96. The fraction of sp³-hybridized carbons (Fsp3) is 0.308. The maximum absolute atomic E-state index is 5.35. The van der Waals surface area contributed by atoms with Gasteiger partial charge >= 0.3 is 0 Å². The molecule has 90 valence electrons. The van der Waals surface area contributed by atoms with Gasteiger partial charge in [-0.1, -0.05) is 18.2 Å². The molecule has 1 aromatic heterocycles. The molecule has 0 aliphatic heterocycles. The molecule has 0 radical (unpaired) electrons. The van der Waals surface area contributed by atoms with E-state index in [-0.39, 0.29) is 0 Å². The van der Waals surface area contributed by atoms with E-state index in [1.807, 2.05) is 25.2 Å². The van der Waals surface area contributed by atoms with Crippen molar-refractivity contribution in [1.82, 2.24) is 4.98 Å². The Balaban J connectivity index is 2.27. The van der Waals surface area contributed by atoms with Crippen molar-refractivity contribution in [3.05, 3.63) is 40.4 Å². The molecule has 0 saturated carbocycles. The van der Waals surface area contributed by atoms with Crippen molar-refractivity contribution in [3.63, 3.8) is 0 Å². The third-order valence-electron chi connectivity index (χ3n) is 2.66.